The summed E-state index contributed by atoms with van der Waals surface area (Å²) in [6, 6.07) is 13.0. The predicted molar refractivity (Wildman–Crippen MR) is 100 cm³/mol. The standard InChI is InChI=1S/C20H26N4O/c1-3-15(2)21-19(25)23-13-10-20(11-14-23)18-9-6-12-24(18)17-8-5-4-7-16(17)22-20/h4-9,12,15,22H,3,10-11,13-14H2,1-2H3,(H,21,25)/t15-/m0/s1. The van der Waals surface area contributed by atoms with E-state index in [0.29, 0.717) is 0 Å². The van der Waals surface area contributed by atoms with Gasteiger partial charge in [-0.1, -0.05) is 19.1 Å². The number of likely N-dealkylation sites (tertiary alicyclic amines) is 1. The normalized spacial score (nSPS) is 18.9. The molecule has 4 rings (SSSR count). The highest BCUT2D eigenvalue weighted by molar-refractivity contribution is 5.75. The van der Waals surface area contributed by atoms with Crippen molar-refractivity contribution in [2.24, 2.45) is 0 Å². The summed E-state index contributed by atoms with van der Waals surface area (Å²) in [5, 5.41) is 6.87. The van der Waals surface area contributed by atoms with Crippen molar-refractivity contribution in [1.82, 2.24) is 14.8 Å². The molecule has 0 bridgehead atoms. The summed E-state index contributed by atoms with van der Waals surface area (Å²) in [6.07, 6.45) is 4.92. The van der Waals surface area contributed by atoms with Crippen molar-refractivity contribution in [3.63, 3.8) is 0 Å². The molecule has 0 unspecified atom stereocenters. The molecule has 2 aromatic rings. The molecule has 1 saturated heterocycles. The Kier molecular flexibility index (Phi) is 3.94. The number of rotatable bonds is 2. The Morgan fingerprint density at radius 1 is 1.24 bits per heavy atom. The Bertz CT molecular complexity index is 774. The van der Waals surface area contributed by atoms with Gasteiger partial charge in [-0.3, -0.25) is 0 Å². The summed E-state index contributed by atoms with van der Waals surface area (Å²) in [7, 11) is 0. The molecule has 0 radical (unpaired) electrons. The summed E-state index contributed by atoms with van der Waals surface area (Å²) >= 11 is 0. The first-order chi connectivity index (χ1) is 12.1. The number of carbonyl (C=O) groups excluding carboxylic acids is 1. The van der Waals surface area contributed by atoms with Gasteiger partial charge in [0.15, 0.2) is 0 Å². The van der Waals surface area contributed by atoms with Gasteiger partial charge in [0.1, 0.15) is 0 Å². The summed E-state index contributed by atoms with van der Waals surface area (Å²) in [4.78, 5) is 14.4. The lowest BCUT2D eigenvalue weighted by atomic mass is 9.82. The van der Waals surface area contributed by atoms with Crippen molar-refractivity contribution in [2.45, 2.75) is 44.7 Å². The van der Waals surface area contributed by atoms with Crippen LogP contribution in [0.3, 0.4) is 0 Å². The van der Waals surface area contributed by atoms with Gasteiger partial charge >= 0.3 is 6.03 Å². The second kappa shape index (κ2) is 6.14. The van der Waals surface area contributed by atoms with Crippen molar-refractivity contribution < 1.29 is 4.79 Å². The monoisotopic (exact) mass is 338 g/mol. The molecule has 1 fully saturated rings. The minimum absolute atomic E-state index is 0.0655. The smallest absolute Gasteiger partial charge is 0.317 e. The molecule has 25 heavy (non-hydrogen) atoms. The van der Waals surface area contributed by atoms with Crippen molar-refractivity contribution in [2.75, 3.05) is 18.4 Å². The topological polar surface area (TPSA) is 49.3 Å². The number of hydrogen-bond donors (Lipinski definition) is 2. The van der Waals surface area contributed by atoms with Crippen LogP contribution in [0.1, 0.15) is 38.8 Å². The lowest BCUT2D eigenvalue weighted by Gasteiger charge is -2.46. The summed E-state index contributed by atoms with van der Waals surface area (Å²) in [6.45, 7) is 5.68. The lowest BCUT2D eigenvalue weighted by Crippen LogP contribution is -2.53. The van der Waals surface area contributed by atoms with Crippen LogP contribution in [0.5, 0.6) is 0 Å². The Labute approximate surface area is 149 Å². The summed E-state index contributed by atoms with van der Waals surface area (Å²) in [5.41, 5.74) is 3.58. The van der Waals surface area contributed by atoms with Gasteiger partial charge in [-0.25, -0.2) is 4.79 Å². The van der Waals surface area contributed by atoms with Crippen molar-refractivity contribution in [3.8, 4) is 5.69 Å². The third-order valence-electron chi connectivity index (χ3n) is 5.66. The number of urea groups is 1. The molecule has 2 aliphatic rings. The van der Waals surface area contributed by atoms with Gasteiger partial charge in [0.2, 0.25) is 0 Å². The van der Waals surface area contributed by atoms with E-state index in [2.05, 4.69) is 71.6 Å². The molecule has 1 aromatic heterocycles. The number of para-hydroxylation sites is 2. The number of hydrogen-bond acceptors (Lipinski definition) is 2. The number of benzene rings is 1. The minimum Gasteiger partial charge on any atom is -0.372 e. The second-order valence-electron chi connectivity index (χ2n) is 7.23. The van der Waals surface area contributed by atoms with Gasteiger partial charge in [-0.15, -0.1) is 0 Å². The Morgan fingerprint density at radius 3 is 2.76 bits per heavy atom. The Morgan fingerprint density at radius 2 is 2.00 bits per heavy atom. The van der Waals surface area contributed by atoms with Crippen LogP contribution in [-0.2, 0) is 5.54 Å². The van der Waals surface area contributed by atoms with Crippen molar-refractivity contribution >= 4 is 11.7 Å². The van der Waals surface area contributed by atoms with Crippen LogP contribution in [-0.4, -0.2) is 34.6 Å². The molecule has 1 aromatic carbocycles. The quantitative estimate of drug-likeness (QED) is 0.877. The number of aromatic nitrogens is 1. The highest BCUT2D eigenvalue weighted by Crippen LogP contribution is 2.43. The van der Waals surface area contributed by atoms with Gasteiger partial charge in [0.25, 0.3) is 0 Å². The van der Waals surface area contributed by atoms with E-state index in [-0.39, 0.29) is 17.6 Å². The molecule has 0 aliphatic carbocycles. The number of fused-ring (bicyclic) bond motifs is 4. The van der Waals surface area contributed by atoms with Crippen molar-refractivity contribution in [1.29, 1.82) is 0 Å². The fraction of sp³-hybridized carbons (Fsp3) is 0.450. The number of nitrogens with one attached hydrogen (secondary N) is 2. The van der Waals surface area contributed by atoms with E-state index < -0.39 is 0 Å². The molecule has 2 amide bonds. The van der Waals surface area contributed by atoms with Crippen LogP contribution in [0.25, 0.3) is 5.69 Å². The molecule has 132 valence electrons. The first-order valence-corrected chi connectivity index (χ1v) is 9.24. The van der Waals surface area contributed by atoms with E-state index in [1.54, 1.807) is 0 Å². The molecule has 5 heteroatoms. The third-order valence-corrected chi connectivity index (χ3v) is 5.66. The molecule has 2 aliphatic heterocycles. The number of piperidine rings is 1. The van der Waals surface area contributed by atoms with Crippen LogP contribution in [0.4, 0.5) is 10.5 Å². The molecular formula is C20H26N4O. The van der Waals surface area contributed by atoms with Crippen LogP contribution < -0.4 is 10.6 Å². The average Bonchev–Trinajstić information content (AvgIpc) is 3.13. The number of nitrogens with zero attached hydrogens (tertiary/aromatic N) is 2. The third kappa shape index (κ3) is 2.68. The Hall–Kier alpha value is -2.43. The van der Waals surface area contributed by atoms with Gasteiger partial charge < -0.3 is 20.1 Å². The van der Waals surface area contributed by atoms with E-state index >= 15 is 0 Å². The first-order valence-electron chi connectivity index (χ1n) is 9.24. The summed E-state index contributed by atoms with van der Waals surface area (Å²) < 4.78 is 2.29. The molecule has 2 N–H and O–H groups in total. The van der Waals surface area contributed by atoms with Gasteiger partial charge in [0.05, 0.1) is 16.9 Å². The number of amides is 2. The highest BCUT2D eigenvalue weighted by Gasteiger charge is 2.42. The fourth-order valence-electron chi connectivity index (χ4n) is 3.97. The maximum Gasteiger partial charge on any atom is 0.317 e. The lowest BCUT2D eigenvalue weighted by molar-refractivity contribution is 0.160. The van der Waals surface area contributed by atoms with Gasteiger partial charge in [0, 0.05) is 31.0 Å². The van der Waals surface area contributed by atoms with Crippen LogP contribution >= 0.6 is 0 Å². The molecule has 5 nitrogen and oxygen atoms in total. The zero-order valence-corrected chi connectivity index (χ0v) is 15.0. The van der Waals surface area contributed by atoms with E-state index in [4.69, 9.17) is 0 Å². The van der Waals surface area contributed by atoms with Gasteiger partial charge in [-0.2, -0.15) is 0 Å². The van der Waals surface area contributed by atoms with E-state index in [1.807, 2.05) is 4.90 Å². The SMILES string of the molecule is CC[C@H](C)NC(=O)N1CCC2(CC1)Nc1ccccc1-n1cccc12. The van der Waals surface area contributed by atoms with E-state index in [9.17, 15) is 4.79 Å². The van der Waals surface area contributed by atoms with Crippen LogP contribution in [0.15, 0.2) is 42.6 Å². The summed E-state index contributed by atoms with van der Waals surface area (Å²) in [5.74, 6) is 0. The van der Waals surface area contributed by atoms with Crippen LogP contribution in [0.2, 0.25) is 0 Å². The largest absolute Gasteiger partial charge is 0.372 e. The maximum absolute atomic E-state index is 12.4. The zero-order chi connectivity index (χ0) is 17.4. The highest BCUT2D eigenvalue weighted by atomic mass is 16.2. The molecule has 1 spiro atoms. The average molecular weight is 338 g/mol. The Balaban J connectivity index is 1.55. The minimum atomic E-state index is -0.0923. The predicted octanol–water partition coefficient (Wildman–Crippen LogP) is 3.70. The maximum atomic E-state index is 12.4. The zero-order valence-electron chi connectivity index (χ0n) is 15.0. The molecule has 0 saturated carbocycles. The van der Waals surface area contributed by atoms with Crippen molar-refractivity contribution in [3.05, 3.63) is 48.3 Å². The molecular weight excluding hydrogens is 312 g/mol. The second-order valence-corrected chi connectivity index (χ2v) is 7.23. The fourth-order valence-corrected chi connectivity index (χ4v) is 3.97. The van der Waals surface area contributed by atoms with E-state index in [1.165, 1.54) is 17.1 Å². The first kappa shape index (κ1) is 16.1. The van der Waals surface area contributed by atoms with Crippen LogP contribution in [0, 0.1) is 0 Å². The number of carbonyl (C=O) groups is 1. The molecule has 3 heterocycles. The van der Waals surface area contributed by atoms with Gasteiger partial charge in [-0.05, 0) is 50.5 Å². The van der Waals surface area contributed by atoms with E-state index in [0.717, 1.165) is 32.4 Å². The number of anilines is 1. The molecule has 1 atom stereocenters.